The van der Waals surface area contributed by atoms with Gasteiger partial charge in [0.25, 0.3) is 0 Å². The molecule has 0 fully saturated rings. The second kappa shape index (κ2) is 9.37. The number of rotatable bonds is 4. The summed E-state index contributed by atoms with van der Waals surface area (Å²) in [4.78, 5) is 2.33. The van der Waals surface area contributed by atoms with Crippen molar-refractivity contribution in [1.82, 2.24) is 0 Å². The second-order valence-corrected chi connectivity index (χ2v) is 10.9. The molecule has 0 radical (unpaired) electrons. The number of para-hydroxylation sites is 2. The van der Waals surface area contributed by atoms with Crippen molar-refractivity contribution in [3.8, 4) is 11.1 Å². The summed E-state index contributed by atoms with van der Waals surface area (Å²) < 4.78 is 13.1. The fourth-order valence-electron chi connectivity index (χ4n) is 6.42. The average Bonchev–Trinajstić information content (AvgIpc) is 3.63. The average molecular weight is 552 g/mol. The summed E-state index contributed by atoms with van der Waals surface area (Å²) >= 11 is 0. The van der Waals surface area contributed by atoms with Gasteiger partial charge in [-0.2, -0.15) is 0 Å². The van der Waals surface area contributed by atoms with E-state index >= 15 is 0 Å². The first-order valence-corrected chi connectivity index (χ1v) is 14.5. The van der Waals surface area contributed by atoms with Gasteiger partial charge in [-0.15, -0.1) is 0 Å². The highest BCUT2D eigenvalue weighted by molar-refractivity contribution is 6.14. The largest absolute Gasteiger partial charge is 0.456 e. The normalized spacial score (nSPS) is 11.7. The van der Waals surface area contributed by atoms with E-state index in [1.54, 1.807) is 0 Å². The van der Waals surface area contributed by atoms with Gasteiger partial charge >= 0.3 is 0 Å². The van der Waals surface area contributed by atoms with E-state index in [0.29, 0.717) is 0 Å². The zero-order valence-corrected chi connectivity index (χ0v) is 23.2. The lowest BCUT2D eigenvalue weighted by Crippen LogP contribution is -2.11. The number of benzene rings is 7. The number of hydrogen-bond acceptors (Lipinski definition) is 3. The maximum atomic E-state index is 6.73. The molecular weight excluding hydrogens is 526 g/mol. The van der Waals surface area contributed by atoms with Gasteiger partial charge in [0.2, 0.25) is 0 Å². The lowest BCUT2D eigenvalue weighted by molar-refractivity contribution is 0.667. The minimum absolute atomic E-state index is 0.848. The smallest absolute Gasteiger partial charge is 0.160 e. The van der Waals surface area contributed by atoms with Gasteiger partial charge < -0.3 is 13.7 Å². The number of furan rings is 2. The number of fused-ring (bicyclic) bond motifs is 7. The second-order valence-electron chi connectivity index (χ2n) is 10.9. The van der Waals surface area contributed by atoms with Crippen LogP contribution >= 0.6 is 0 Å². The fraction of sp³-hybridized carbons (Fsp3) is 0. The Morgan fingerprint density at radius 2 is 1.00 bits per heavy atom. The fourth-order valence-corrected chi connectivity index (χ4v) is 6.42. The summed E-state index contributed by atoms with van der Waals surface area (Å²) in [7, 11) is 0. The van der Waals surface area contributed by atoms with Crippen LogP contribution < -0.4 is 4.90 Å². The SMILES string of the molecule is c1ccc(-c2ccc3c(oc4ccccc43)c2N(c2ccc3ccccc3c2)c2ccc3c(c2)oc2ccccc23)cc1. The van der Waals surface area contributed by atoms with Crippen molar-refractivity contribution in [3.05, 3.63) is 152 Å². The first-order valence-electron chi connectivity index (χ1n) is 14.5. The summed E-state index contributed by atoms with van der Waals surface area (Å²) in [5.41, 5.74) is 8.69. The highest BCUT2D eigenvalue weighted by Crippen LogP contribution is 2.48. The summed E-state index contributed by atoms with van der Waals surface area (Å²) in [6.45, 7) is 0. The van der Waals surface area contributed by atoms with Gasteiger partial charge in [0, 0.05) is 38.9 Å². The summed E-state index contributed by atoms with van der Waals surface area (Å²) in [5.74, 6) is 0. The van der Waals surface area contributed by atoms with Gasteiger partial charge in [-0.25, -0.2) is 0 Å². The monoisotopic (exact) mass is 551 g/mol. The van der Waals surface area contributed by atoms with Crippen molar-refractivity contribution >= 4 is 71.7 Å². The van der Waals surface area contributed by atoms with Gasteiger partial charge in [-0.05, 0) is 58.8 Å². The third-order valence-corrected chi connectivity index (χ3v) is 8.44. The lowest BCUT2D eigenvalue weighted by Gasteiger charge is -2.28. The Bertz CT molecular complexity index is 2470. The van der Waals surface area contributed by atoms with Gasteiger partial charge in [0.05, 0.1) is 11.4 Å². The molecule has 0 saturated heterocycles. The van der Waals surface area contributed by atoms with E-state index < -0.39 is 0 Å². The Labute approximate surface area is 247 Å². The Morgan fingerprint density at radius 3 is 1.84 bits per heavy atom. The van der Waals surface area contributed by atoms with Crippen LogP contribution in [0, 0.1) is 0 Å². The molecule has 0 amide bonds. The topological polar surface area (TPSA) is 29.5 Å². The maximum Gasteiger partial charge on any atom is 0.160 e. The molecule has 0 N–H and O–H groups in total. The Kier molecular flexibility index (Phi) is 5.20. The molecule has 3 nitrogen and oxygen atoms in total. The molecule has 2 heterocycles. The summed E-state index contributed by atoms with van der Waals surface area (Å²) in [6, 6.07) is 53.1. The molecule has 0 saturated carbocycles. The van der Waals surface area contributed by atoms with Crippen LogP contribution in [0.15, 0.2) is 160 Å². The summed E-state index contributed by atoms with van der Waals surface area (Å²) in [5, 5.41) is 6.77. The first-order chi connectivity index (χ1) is 21.3. The lowest BCUT2D eigenvalue weighted by atomic mass is 9.98. The molecule has 9 rings (SSSR count). The Morgan fingerprint density at radius 1 is 0.395 bits per heavy atom. The molecule has 43 heavy (non-hydrogen) atoms. The zero-order valence-electron chi connectivity index (χ0n) is 23.2. The van der Waals surface area contributed by atoms with Crippen LogP contribution in [0.4, 0.5) is 17.1 Å². The predicted octanol–water partition coefficient (Wildman–Crippen LogP) is 11.8. The third kappa shape index (κ3) is 3.75. The molecule has 2 aromatic heterocycles. The number of hydrogen-bond donors (Lipinski definition) is 0. The van der Waals surface area contributed by atoms with Gasteiger partial charge in [-0.1, -0.05) is 103 Å². The molecule has 0 aliphatic heterocycles. The van der Waals surface area contributed by atoms with Gasteiger partial charge in [-0.3, -0.25) is 0 Å². The third-order valence-electron chi connectivity index (χ3n) is 8.44. The Balaban J connectivity index is 1.40. The number of anilines is 3. The van der Waals surface area contributed by atoms with Crippen LogP contribution in [0.2, 0.25) is 0 Å². The van der Waals surface area contributed by atoms with Crippen molar-refractivity contribution in [2.75, 3.05) is 4.90 Å². The van der Waals surface area contributed by atoms with Gasteiger partial charge in [0.1, 0.15) is 16.7 Å². The van der Waals surface area contributed by atoms with Crippen molar-refractivity contribution in [1.29, 1.82) is 0 Å². The molecule has 0 aliphatic rings. The van der Waals surface area contributed by atoms with Gasteiger partial charge in [0.15, 0.2) is 5.58 Å². The zero-order chi connectivity index (χ0) is 28.3. The molecule has 9 aromatic rings. The highest BCUT2D eigenvalue weighted by Gasteiger charge is 2.24. The molecule has 202 valence electrons. The van der Waals surface area contributed by atoms with Crippen molar-refractivity contribution in [2.24, 2.45) is 0 Å². The minimum Gasteiger partial charge on any atom is -0.456 e. The van der Waals surface area contributed by atoms with E-state index in [4.69, 9.17) is 8.83 Å². The van der Waals surface area contributed by atoms with Crippen LogP contribution in [-0.2, 0) is 0 Å². The van der Waals surface area contributed by atoms with Crippen LogP contribution in [0.3, 0.4) is 0 Å². The van der Waals surface area contributed by atoms with Crippen LogP contribution in [0.5, 0.6) is 0 Å². The molecule has 7 aromatic carbocycles. The Hall–Kier alpha value is -5.80. The van der Waals surface area contributed by atoms with E-state index in [1.165, 1.54) is 10.8 Å². The van der Waals surface area contributed by atoms with Crippen LogP contribution in [-0.4, -0.2) is 0 Å². The molecule has 0 aliphatic carbocycles. The van der Waals surface area contributed by atoms with E-state index in [0.717, 1.165) is 72.1 Å². The number of nitrogens with zero attached hydrogens (tertiary/aromatic N) is 1. The minimum atomic E-state index is 0.848. The molecule has 3 heteroatoms. The van der Waals surface area contributed by atoms with Crippen molar-refractivity contribution < 1.29 is 8.83 Å². The first kappa shape index (κ1) is 23.9. The molecular formula is C40H25NO2. The maximum absolute atomic E-state index is 6.73. The highest BCUT2D eigenvalue weighted by atomic mass is 16.3. The van der Waals surface area contributed by atoms with Crippen LogP contribution in [0.25, 0.3) is 65.8 Å². The molecule has 0 unspecified atom stereocenters. The van der Waals surface area contributed by atoms with Crippen molar-refractivity contribution in [2.45, 2.75) is 0 Å². The van der Waals surface area contributed by atoms with Crippen molar-refractivity contribution in [3.63, 3.8) is 0 Å². The quantitative estimate of drug-likeness (QED) is 0.218. The van der Waals surface area contributed by atoms with E-state index in [2.05, 4.69) is 132 Å². The standard InChI is InChI=1S/C40H25NO2/c1-2-11-27(12-3-1)31-22-23-35-33-15-7-9-17-37(33)43-40(35)39(31)41(29-19-18-26-10-4-5-13-28(26)24-29)30-20-21-34-32-14-6-8-16-36(32)42-38(34)25-30/h1-25H. The van der Waals surface area contributed by atoms with E-state index in [-0.39, 0.29) is 0 Å². The predicted molar refractivity (Wildman–Crippen MR) is 179 cm³/mol. The van der Waals surface area contributed by atoms with Crippen LogP contribution in [0.1, 0.15) is 0 Å². The van der Waals surface area contributed by atoms with E-state index in [9.17, 15) is 0 Å². The molecule has 0 spiro atoms. The molecule has 0 bridgehead atoms. The summed E-state index contributed by atoms with van der Waals surface area (Å²) in [6.07, 6.45) is 0. The molecule has 0 atom stereocenters. The van der Waals surface area contributed by atoms with E-state index in [1.807, 2.05) is 24.3 Å².